The zero-order chi connectivity index (χ0) is 14.9. The van der Waals surface area contributed by atoms with E-state index in [0.717, 1.165) is 16.9 Å². The van der Waals surface area contributed by atoms with Gasteiger partial charge in [0, 0.05) is 16.8 Å². The fraction of sp³-hybridized carbons (Fsp3) is 0.188. The van der Waals surface area contributed by atoms with Crippen molar-refractivity contribution in [3.05, 3.63) is 57.6 Å². The van der Waals surface area contributed by atoms with Gasteiger partial charge in [-0.2, -0.15) is 0 Å². The zero-order valence-electron chi connectivity index (χ0n) is 11.7. The normalized spacial score (nSPS) is 10.4. The first-order valence-corrected chi connectivity index (χ1v) is 6.56. The lowest BCUT2D eigenvalue weighted by Crippen LogP contribution is -2.05. The largest absolute Gasteiger partial charge is 0.496 e. The topological polar surface area (TPSA) is 52.3 Å². The molecule has 0 heterocycles. The van der Waals surface area contributed by atoms with Gasteiger partial charge in [0.1, 0.15) is 5.75 Å². The van der Waals surface area contributed by atoms with E-state index in [0.29, 0.717) is 21.8 Å². The molecule has 0 saturated carbocycles. The summed E-state index contributed by atoms with van der Waals surface area (Å²) < 4.78 is 5.30. The standard InChI is InChI=1S/C16H16ClNO2/c1-9-6-11(7-10(2)16(9)20-3)15(19)13-8-12(18)4-5-14(13)17/h4-8H,18H2,1-3H3. The SMILES string of the molecule is COc1c(C)cc(C(=O)c2cc(N)ccc2Cl)cc1C. The van der Waals surface area contributed by atoms with Gasteiger partial charge in [-0.1, -0.05) is 11.6 Å². The molecule has 0 spiro atoms. The van der Waals surface area contributed by atoms with E-state index in [1.165, 1.54) is 0 Å². The molecule has 2 aromatic rings. The van der Waals surface area contributed by atoms with Crippen LogP contribution in [0.25, 0.3) is 0 Å². The van der Waals surface area contributed by atoms with E-state index in [4.69, 9.17) is 22.1 Å². The minimum atomic E-state index is -0.142. The number of nitrogen functional groups attached to an aromatic ring is 1. The zero-order valence-corrected chi connectivity index (χ0v) is 12.4. The van der Waals surface area contributed by atoms with E-state index < -0.39 is 0 Å². The number of benzene rings is 2. The predicted molar refractivity (Wildman–Crippen MR) is 81.8 cm³/mol. The van der Waals surface area contributed by atoms with Crippen molar-refractivity contribution < 1.29 is 9.53 Å². The third-order valence-electron chi connectivity index (χ3n) is 3.16. The number of carbonyl (C=O) groups is 1. The van der Waals surface area contributed by atoms with Crippen LogP contribution in [0.3, 0.4) is 0 Å². The number of carbonyl (C=O) groups excluding carboxylic acids is 1. The summed E-state index contributed by atoms with van der Waals surface area (Å²) in [6.45, 7) is 3.81. The summed E-state index contributed by atoms with van der Waals surface area (Å²) in [5.41, 5.74) is 9.05. The van der Waals surface area contributed by atoms with Gasteiger partial charge in [0.2, 0.25) is 0 Å². The van der Waals surface area contributed by atoms with Crippen molar-refractivity contribution in [2.75, 3.05) is 12.8 Å². The molecule has 0 atom stereocenters. The molecule has 104 valence electrons. The Morgan fingerprint density at radius 1 is 1.15 bits per heavy atom. The van der Waals surface area contributed by atoms with Gasteiger partial charge in [0.05, 0.1) is 12.1 Å². The van der Waals surface area contributed by atoms with Gasteiger partial charge < -0.3 is 10.5 Å². The Hall–Kier alpha value is -2.00. The summed E-state index contributed by atoms with van der Waals surface area (Å²) in [6.07, 6.45) is 0. The molecule has 4 heteroatoms. The second kappa shape index (κ2) is 5.55. The van der Waals surface area contributed by atoms with E-state index in [1.807, 2.05) is 13.8 Å². The van der Waals surface area contributed by atoms with E-state index in [2.05, 4.69) is 0 Å². The minimum Gasteiger partial charge on any atom is -0.496 e. The van der Waals surface area contributed by atoms with Gasteiger partial charge in [0.25, 0.3) is 0 Å². The molecule has 2 rings (SSSR count). The number of nitrogens with two attached hydrogens (primary N) is 1. The molecule has 3 nitrogen and oxygen atoms in total. The number of ketones is 1. The number of methoxy groups -OCH3 is 1. The first kappa shape index (κ1) is 14.4. The highest BCUT2D eigenvalue weighted by molar-refractivity contribution is 6.35. The van der Waals surface area contributed by atoms with Crippen molar-refractivity contribution in [3.8, 4) is 5.75 Å². The number of halogens is 1. The molecule has 0 fully saturated rings. The average Bonchev–Trinajstić information content (AvgIpc) is 2.40. The van der Waals surface area contributed by atoms with E-state index in [9.17, 15) is 4.79 Å². The van der Waals surface area contributed by atoms with Crippen LogP contribution in [0.5, 0.6) is 5.75 Å². The van der Waals surface area contributed by atoms with Gasteiger partial charge in [-0.3, -0.25) is 4.79 Å². The highest BCUT2D eigenvalue weighted by Gasteiger charge is 2.16. The third kappa shape index (κ3) is 2.63. The van der Waals surface area contributed by atoms with Crippen LogP contribution in [0.2, 0.25) is 5.02 Å². The van der Waals surface area contributed by atoms with Crippen LogP contribution in [-0.2, 0) is 0 Å². The number of hydrogen-bond acceptors (Lipinski definition) is 3. The van der Waals surface area contributed by atoms with Crippen molar-refractivity contribution >= 4 is 23.1 Å². The quantitative estimate of drug-likeness (QED) is 0.691. The van der Waals surface area contributed by atoms with Gasteiger partial charge in [-0.25, -0.2) is 0 Å². The van der Waals surface area contributed by atoms with Crippen LogP contribution in [0, 0.1) is 13.8 Å². The second-order valence-electron chi connectivity index (χ2n) is 4.71. The van der Waals surface area contributed by atoms with Gasteiger partial charge >= 0.3 is 0 Å². The lowest BCUT2D eigenvalue weighted by molar-refractivity contribution is 0.103. The van der Waals surface area contributed by atoms with Crippen LogP contribution in [0.1, 0.15) is 27.0 Å². The van der Waals surface area contributed by atoms with Crippen LogP contribution in [-0.4, -0.2) is 12.9 Å². The van der Waals surface area contributed by atoms with Gasteiger partial charge in [-0.05, 0) is 55.3 Å². The molecular formula is C16H16ClNO2. The molecule has 0 saturated heterocycles. The fourth-order valence-electron chi connectivity index (χ4n) is 2.28. The van der Waals surface area contributed by atoms with Crippen molar-refractivity contribution in [2.45, 2.75) is 13.8 Å². The average molecular weight is 290 g/mol. The third-order valence-corrected chi connectivity index (χ3v) is 3.49. The first-order chi connectivity index (χ1) is 9.43. The Labute approximate surface area is 123 Å². The van der Waals surface area contributed by atoms with E-state index in [1.54, 1.807) is 37.4 Å². The summed E-state index contributed by atoms with van der Waals surface area (Å²) in [5.74, 6) is 0.649. The van der Waals surface area contributed by atoms with Crippen LogP contribution in [0.15, 0.2) is 30.3 Å². The molecule has 0 aromatic heterocycles. The maximum Gasteiger partial charge on any atom is 0.194 e. The highest BCUT2D eigenvalue weighted by Crippen LogP contribution is 2.27. The predicted octanol–water partition coefficient (Wildman–Crippen LogP) is 3.78. The highest BCUT2D eigenvalue weighted by atomic mass is 35.5. The number of anilines is 1. The molecule has 2 N–H and O–H groups in total. The molecule has 20 heavy (non-hydrogen) atoms. The Morgan fingerprint density at radius 3 is 2.30 bits per heavy atom. The summed E-state index contributed by atoms with van der Waals surface area (Å²) in [6, 6.07) is 8.50. The number of aryl methyl sites for hydroxylation is 2. The summed E-state index contributed by atoms with van der Waals surface area (Å²) in [4.78, 5) is 12.5. The summed E-state index contributed by atoms with van der Waals surface area (Å²) >= 11 is 6.08. The maximum atomic E-state index is 12.5. The summed E-state index contributed by atoms with van der Waals surface area (Å²) in [5, 5.41) is 0.398. The van der Waals surface area contributed by atoms with Crippen molar-refractivity contribution in [1.82, 2.24) is 0 Å². The number of rotatable bonds is 3. The van der Waals surface area contributed by atoms with E-state index in [-0.39, 0.29) is 5.78 Å². The Balaban J connectivity index is 2.51. The summed E-state index contributed by atoms with van der Waals surface area (Å²) in [7, 11) is 1.62. The van der Waals surface area contributed by atoms with Gasteiger partial charge in [0.15, 0.2) is 5.78 Å². The molecule has 2 aromatic carbocycles. The molecule has 0 aliphatic rings. The monoisotopic (exact) mass is 289 g/mol. The maximum absolute atomic E-state index is 12.5. The molecular weight excluding hydrogens is 274 g/mol. The van der Waals surface area contributed by atoms with Crippen LogP contribution >= 0.6 is 11.6 Å². The molecule has 0 amide bonds. The minimum absolute atomic E-state index is 0.142. The molecule has 0 radical (unpaired) electrons. The fourth-order valence-corrected chi connectivity index (χ4v) is 2.48. The van der Waals surface area contributed by atoms with Crippen molar-refractivity contribution in [2.24, 2.45) is 0 Å². The van der Waals surface area contributed by atoms with Crippen LogP contribution < -0.4 is 10.5 Å². The molecule has 0 bridgehead atoms. The van der Waals surface area contributed by atoms with Crippen molar-refractivity contribution in [1.29, 1.82) is 0 Å². The Bertz CT molecular complexity index is 657. The second-order valence-corrected chi connectivity index (χ2v) is 5.12. The molecule has 0 aliphatic heterocycles. The smallest absolute Gasteiger partial charge is 0.194 e. The number of hydrogen-bond donors (Lipinski definition) is 1. The van der Waals surface area contributed by atoms with E-state index >= 15 is 0 Å². The Kier molecular flexibility index (Phi) is 4.00. The van der Waals surface area contributed by atoms with Gasteiger partial charge in [-0.15, -0.1) is 0 Å². The lowest BCUT2D eigenvalue weighted by atomic mass is 9.98. The Morgan fingerprint density at radius 2 is 1.75 bits per heavy atom. The number of ether oxygens (including phenoxy) is 1. The first-order valence-electron chi connectivity index (χ1n) is 6.19. The molecule has 0 unspecified atom stereocenters. The van der Waals surface area contributed by atoms with Crippen LogP contribution in [0.4, 0.5) is 5.69 Å². The van der Waals surface area contributed by atoms with Crippen molar-refractivity contribution in [3.63, 3.8) is 0 Å². The lowest BCUT2D eigenvalue weighted by Gasteiger charge is -2.11. The molecule has 0 aliphatic carbocycles.